The Balaban J connectivity index is 1.65. The Labute approximate surface area is 155 Å². The zero-order valence-electron chi connectivity index (χ0n) is 15.1. The quantitative estimate of drug-likeness (QED) is 0.791. The van der Waals surface area contributed by atoms with Gasteiger partial charge in [-0.15, -0.1) is 0 Å². The third kappa shape index (κ3) is 3.94. The monoisotopic (exact) mass is 372 g/mol. The van der Waals surface area contributed by atoms with Gasteiger partial charge < -0.3 is 24.1 Å². The molecule has 1 aliphatic heterocycles. The Morgan fingerprint density at radius 3 is 2.52 bits per heavy atom. The number of carbonyl (C=O) groups is 2. The lowest BCUT2D eigenvalue weighted by molar-refractivity contribution is -0.135. The molecule has 0 saturated carbocycles. The predicted molar refractivity (Wildman–Crippen MR) is 96.0 cm³/mol. The highest BCUT2D eigenvalue weighted by atomic mass is 16.5. The Hall–Kier alpha value is -3.29. The Morgan fingerprint density at radius 2 is 1.85 bits per heavy atom. The van der Waals surface area contributed by atoms with E-state index in [9.17, 15) is 14.4 Å². The molecule has 8 heteroatoms. The molecule has 1 aliphatic rings. The predicted octanol–water partition coefficient (Wildman–Crippen LogP) is 1.13. The smallest absolute Gasteiger partial charge is 0.344 e. The van der Waals surface area contributed by atoms with Gasteiger partial charge in [0.15, 0.2) is 18.1 Å². The van der Waals surface area contributed by atoms with E-state index < -0.39 is 18.1 Å². The van der Waals surface area contributed by atoms with Crippen LogP contribution >= 0.6 is 0 Å². The van der Waals surface area contributed by atoms with Crippen LogP contribution in [-0.2, 0) is 22.5 Å². The van der Waals surface area contributed by atoms with E-state index in [2.05, 4.69) is 4.98 Å². The number of rotatable bonds is 5. The first kappa shape index (κ1) is 18.5. The van der Waals surface area contributed by atoms with Crippen molar-refractivity contribution in [3.8, 4) is 11.5 Å². The molecule has 27 heavy (non-hydrogen) atoms. The summed E-state index contributed by atoms with van der Waals surface area (Å²) in [5.41, 5.74) is 1.36. The minimum Gasteiger partial charge on any atom is -0.493 e. The number of pyridine rings is 1. The van der Waals surface area contributed by atoms with Crippen LogP contribution in [0.25, 0.3) is 0 Å². The van der Waals surface area contributed by atoms with E-state index in [4.69, 9.17) is 14.2 Å². The summed E-state index contributed by atoms with van der Waals surface area (Å²) in [7, 11) is 3.13. The second-order valence-electron chi connectivity index (χ2n) is 6.03. The topological polar surface area (TPSA) is 97.9 Å². The van der Waals surface area contributed by atoms with Crippen LogP contribution in [0.3, 0.4) is 0 Å². The molecule has 1 amide bonds. The highest BCUT2D eigenvalue weighted by molar-refractivity contribution is 5.90. The number of nitrogens with one attached hydrogen (secondary N) is 1. The van der Waals surface area contributed by atoms with Gasteiger partial charge in [-0.05, 0) is 41.8 Å². The number of carbonyl (C=O) groups excluding carboxylic acids is 2. The van der Waals surface area contributed by atoms with Crippen molar-refractivity contribution in [1.82, 2.24) is 9.88 Å². The van der Waals surface area contributed by atoms with E-state index in [1.54, 1.807) is 19.1 Å². The molecule has 2 aromatic rings. The highest BCUT2D eigenvalue weighted by Crippen LogP contribution is 2.33. The van der Waals surface area contributed by atoms with Crippen LogP contribution in [0.5, 0.6) is 11.5 Å². The fourth-order valence-corrected chi connectivity index (χ4v) is 2.97. The number of aromatic nitrogens is 1. The summed E-state index contributed by atoms with van der Waals surface area (Å²) in [5.74, 6) is 0.100. The third-order valence-electron chi connectivity index (χ3n) is 4.44. The van der Waals surface area contributed by atoms with Crippen molar-refractivity contribution < 1.29 is 23.8 Å². The SMILES string of the molecule is COc1cc2c(cc1OC)CN(C(=O)COC(=O)c1ccc[nH]c1=O)CC2. The summed E-state index contributed by atoms with van der Waals surface area (Å²) < 4.78 is 15.6. The van der Waals surface area contributed by atoms with Gasteiger partial charge in [0, 0.05) is 19.3 Å². The normalized spacial score (nSPS) is 12.9. The number of amides is 1. The highest BCUT2D eigenvalue weighted by Gasteiger charge is 2.24. The first-order valence-corrected chi connectivity index (χ1v) is 8.40. The van der Waals surface area contributed by atoms with E-state index in [0.717, 1.165) is 11.1 Å². The van der Waals surface area contributed by atoms with Crippen molar-refractivity contribution in [1.29, 1.82) is 0 Å². The minimum atomic E-state index is -0.825. The first-order valence-electron chi connectivity index (χ1n) is 8.40. The largest absolute Gasteiger partial charge is 0.493 e. The van der Waals surface area contributed by atoms with Crippen molar-refractivity contribution in [2.24, 2.45) is 0 Å². The van der Waals surface area contributed by atoms with E-state index >= 15 is 0 Å². The fraction of sp³-hybridized carbons (Fsp3) is 0.316. The average Bonchev–Trinajstić information content (AvgIpc) is 2.70. The van der Waals surface area contributed by atoms with Gasteiger partial charge in [-0.3, -0.25) is 9.59 Å². The number of hydrogen-bond donors (Lipinski definition) is 1. The number of ether oxygens (including phenoxy) is 3. The molecule has 1 aromatic carbocycles. The molecule has 0 bridgehead atoms. The number of fused-ring (bicyclic) bond motifs is 1. The van der Waals surface area contributed by atoms with Crippen molar-refractivity contribution >= 4 is 11.9 Å². The second-order valence-corrected chi connectivity index (χ2v) is 6.03. The van der Waals surface area contributed by atoms with Crippen LogP contribution in [-0.4, -0.2) is 49.1 Å². The van der Waals surface area contributed by atoms with Gasteiger partial charge in [0.05, 0.1) is 14.2 Å². The number of aromatic amines is 1. The first-order chi connectivity index (χ1) is 13.0. The molecule has 8 nitrogen and oxygen atoms in total. The van der Waals surface area contributed by atoms with E-state index in [-0.39, 0.29) is 11.5 Å². The van der Waals surface area contributed by atoms with Crippen molar-refractivity contribution in [2.45, 2.75) is 13.0 Å². The van der Waals surface area contributed by atoms with Crippen LogP contribution in [0, 0.1) is 0 Å². The molecule has 0 aliphatic carbocycles. The summed E-state index contributed by atoms with van der Waals surface area (Å²) in [6.07, 6.45) is 2.08. The second kappa shape index (κ2) is 7.94. The number of H-pyrrole nitrogens is 1. The van der Waals surface area contributed by atoms with Gasteiger partial charge >= 0.3 is 5.97 Å². The Kier molecular flexibility index (Phi) is 5.44. The van der Waals surface area contributed by atoms with Gasteiger partial charge in [-0.25, -0.2) is 4.79 Å². The molecule has 1 aromatic heterocycles. The molecular weight excluding hydrogens is 352 g/mol. The lowest BCUT2D eigenvalue weighted by Crippen LogP contribution is -2.38. The summed E-state index contributed by atoms with van der Waals surface area (Å²) in [6.45, 7) is 0.471. The number of nitrogens with zero attached hydrogens (tertiary/aromatic N) is 1. The van der Waals surface area contributed by atoms with Crippen LogP contribution in [0.2, 0.25) is 0 Å². The summed E-state index contributed by atoms with van der Waals surface area (Å²) in [4.78, 5) is 40.0. The summed E-state index contributed by atoms with van der Waals surface area (Å²) in [5, 5.41) is 0. The van der Waals surface area contributed by atoms with Crippen LogP contribution in [0.4, 0.5) is 0 Å². The third-order valence-corrected chi connectivity index (χ3v) is 4.44. The molecule has 2 heterocycles. The van der Waals surface area contributed by atoms with Gasteiger partial charge in [0.1, 0.15) is 5.56 Å². The van der Waals surface area contributed by atoms with Crippen LogP contribution in [0.1, 0.15) is 21.5 Å². The zero-order valence-corrected chi connectivity index (χ0v) is 15.1. The summed E-state index contributed by atoms with van der Waals surface area (Å²) in [6, 6.07) is 6.63. The maximum Gasteiger partial charge on any atom is 0.344 e. The average molecular weight is 372 g/mol. The molecule has 0 unspecified atom stereocenters. The number of methoxy groups -OCH3 is 2. The summed E-state index contributed by atoms with van der Waals surface area (Å²) >= 11 is 0. The number of hydrogen-bond acceptors (Lipinski definition) is 6. The fourth-order valence-electron chi connectivity index (χ4n) is 2.97. The van der Waals surface area contributed by atoms with E-state index in [0.29, 0.717) is 31.0 Å². The standard InChI is InChI=1S/C19H20N2O6/c1-25-15-8-12-5-7-21(10-13(12)9-16(15)26-2)17(22)11-27-19(24)14-4-3-6-20-18(14)23/h3-4,6,8-9H,5,7,10-11H2,1-2H3,(H,20,23). The van der Waals surface area contributed by atoms with Gasteiger partial charge in [-0.2, -0.15) is 0 Å². The van der Waals surface area contributed by atoms with Gasteiger partial charge in [-0.1, -0.05) is 0 Å². The molecule has 0 spiro atoms. The molecular formula is C19H20N2O6. The minimum absolute atomic E-state index is 0.133. The van der Waals surface area contributed by atoms with Crippen molar-refractivity contribution in [3.05, 3.63) is 57.5 Å². The van der Waals surface area contributed by atoms with Crippen LogP contribution in [0.15, 0.2) is 35.3 Å². The molecule has 0 fully saturated rings. The van der Waals surface area contributed by atoms with Gasteiger partial charge in [0.25, 0.3) is 11.5 Å². The van der Waals surface area contributed by atoms with E-state index in [1.165, 1.54) is 18.3 Å². The van der Waals surface area contributed by atoms with Crippen molar-refractivity contribution in [3.63, 3.8) is 0 Å². The van der Waals surface area contributed by atoms with Crippen molar-refractivity contribution in [2.75, 3.05) is 27.4 Å². The molecule has 0 saturated heterocycles. The maximum absolute atomic E-state index is 12.4. The zero-order chi connectivity index (χ0) is 19.4. The molecule has 0 radical (unpaired) electrons. The van der Waals surface area contributed by atoms with Crippen LogP contribution < -0.4 is 15.0 Å². The van der Waals surface area contributed by atoms with Gasteiger partial charge in [0.2, 0.25) is 0 Å². The molecule has 0 atom stereocenters. The Bertz CT molecular complexity index is 921. The molecule has 1 N–H and O–H groups in total. The maximum atomic E-state index is 12.4. The lowest BCUT2D eigenvalue weighted by atomic mass is 9.99. The number of esters is 1. The van der Waals surface area contributed by atoms with E-state index in [1.807, 2.05) is 12.1 Å². The number of benzene rings is 1. The molecule has 142 valence electrons. The lowest BCUT2D eigenvalue weighted by Gasteiger charge is -2.29. The molecule has 3 rings (SSSR count). The Morgan fingerprint density at radius 1 is 1.15 bits per heavy atom.